The molecule has 0 aromatic carbocycles. The number of hydrogen-bond acceptors (Lipinski definition) is 4. The number of aliphatic carboxylic acids is 1. The molecule has 21 heavy (non-hydrogen) atoms. The van der Waals surface area contributed by atoms with Crippen LogP contribution in [0.4, 0.5) is 0 Å². The van der Waals surface area contributed by atoms with E-state index < -0.39 is 11.4 Å². The molecule has 1 atom stereocenters. The van der Waals surface area contributed by atoms with Crippen LogP contribution in [0.2, 0.25) is 0 Å². The van der Waals surface area contributed by atoms with Gasteiger partial charge in [-0.1, -0.05) is 19.0 Å². The second-order valence-electron chi connectivity index (χ2n) is 6.48. The van der Waals surface area contributed by atoms with E-state index in [0.29, 0.717) is 18.9 Å². The average molecular weight is 292 g/mol. The van der Waals surface area contributed by atoms with Crippen molar-refractivity contribution < 1.29 is 19.2 Å². The highest BCUT2D eigenvalue weighted by molar-refractivity contribution is 5.92. The number of aromatic nitrogens is 1. The van der Waals surface area contributed by atoms with Crippen molar-refractivity contribution in [3.05, 3.63) is 17.5 Å². The monoisotopic (exact) mass is 292 g/mol. The van der Waals surface area contributed by atoms with Crippen molar-refractivity contribution in [2.24, 2.45) is 11.3 Å². The first kappa shape index (κ1) is 14.1. The van der Waals surface area contributed by atoms with Crippen molar-refractivity contribution in [3.8, 4) is 0 Å². The molecule has 0 spiro atoms. The minimum Gasteiger partial charge on any atom is -0.481 e. The third-order valence-electron chi connectivity index (χ3n) is 4.85. The van der Waals surface area contributed by atoms with E-state index in [-0.39, 0.29) is 24.1 Å². The second-order valence-corrected chi connectivity index (χ2v) is 6.48. The lowest BCUT2D eigenvalue weighted by Gasteiger charge is -2.28. The largest absolute Gasteiger partial charge is 0.481 e. The molecule has 1 saturated carbocycles. The Balaban J connectivity index is 1.75. The molecule has 6 heteroatoms. The summed E-state index contributed by atoms with van der Waals surface area (Å²) >= 11 is 0. The normalized spacial score (nSPS) is 25.6. The Bertz CT molecular complexity index is 576. The number of nitrogens with zero attached hydrogens (tertiary/aromatic N) is 2. The summed E-state index contributed by atoms with van der Waals surface area (Å²) in [5.74, 6) is -0.448. The fourth-order valence-corrected chi connectivity index (χ4v) is 3.02. The molecule has 2 fully saturated rings. The minimum atomic E-state index is -0.852. The van der Waals surface area contributed by atoms with Crippen LogP contribution in [0.3, 0.4) is 0 Å². The van der Waals surface area contributed by atoms with Gasteiger partial charge in [0.15, 0.2) is 0 Å². The second kappa shape index (κ2) is 4.86. The van der Waals surface area contributed by atoms with E-state index in [1.165, 1.54) is 0 Å². The standard InChI is InChI=1S/C15H20N2O4/c1-9(2)15(14(19)20)5-6-17(8-15)13(18)12-7-11(16-21-12)10-3-4-10/h7,9-10H,3-6,8H2,1-2H3,(H,19,20). The number of carbonyl (C=O) groups is 2. The third kappa shape index (κ3) is 2.32. The van der Waals surface area contributed by atoms with Crippen molar-refractivity contribution in [1.82, 2.24) is 10.1 Å². The zero-order valence-electron chi connectivity index (χ0n) is 12.3. The van der Waals surface area contributed by atoms with E-state index in [1.54, 1.807) is 11.0 Å². The number of amides is 1. The lowest BCUT2D eigenvalue weighted by molar-refractivity contribution is -0.150. The van der Waals surface area contributed by atoms with Crippen LogP contribution >= 0.6 is 0 Å². The lowest BCUT2D eigenvalue weighted by atomic mass is 9.76. The number of carboxylic acids is 1. The minimum absolute atomic E-state index is 0.0236. The van der Waals surface area contributed by atoms with Crippen LogP contribution in [0.25, 0.3) is 0 Å². The molecule has 114 valence electrons. The maximum Gasteiger partial charge on any atom is 0.311 e. The van der Waals surface area contributed by atoms with Crippen molar-refractivity contribution in [2.75, 3.05) is 13.1 Å². The van der Waals surface area contributed by atoms with Crippen molar-refractivity contribution in [3.63, 3.8) is 0 Å². The Morgan fingerprint density at radius 2 is 2.19 bits per heavy atom. The number of rotatable bonds is 4. The molecule has 0 radical (unpaired) electrons. The molecule has 0 bridgehead atoms. The highest BCUT2D eigenvalue weighted by Crippen LogP contribution is 2.41. The lowest BCUT2D eigenvalue weighted by Crippen LogP contribution is -2.40. The van der Waals surface area contributed by atoms with Gasteiger partial charge in [-0.05, 0) is 25.2 Å². The first-order chi connectivity index (χ1) is 9.94. The molecule has 3 rings (SSSR count). The number of carbonyl (C=O) groups excluding carboxylic acids is 1. The molecule has 1 amide bonds. The van der Waals surface area contributed by atoms with Crippen LogP contribution in [0.15, 0.2) is 10.6 Å². The van der Waals surface area contributed by atoms with Gasteiger partial charge in [-0.2, -0.15) is 0 Å². The van der Waals surface area contributed by atoms with E-state index in [1.807, 2.05) is 13.8 Å². The van der Waals surface area contributed by atoms with Gasteiger partial charge in [-0.3, -0.25) is 9.59 Å². The van der Waals surface area contributed by atoms with Gasteiger partial charge in [-0.25, -0.2) is 0 Å². The van der Waals surface area contributed by atoms with Crippen LogP contribution in [0.1, 0.15) is 55.3 Å². The summed E-state index contributed by atoms with van der Waals surface area (Å²) < 4.78 is 5.14. The van der Waals surface area contributed by atoms with Crippen molar-refractivity contribution in [1.29, 1.82) is 0 Å². The number of hydrogen-bond donors (Lipinski definition) is 1. The van der Waals surface area contributed by atoms with E-state index in [0.717, 1.165) is 18.5 Å². The summed E-state index contributed by atoms with van der Waals surface area (Å²) in [6.07, 6.45) is 2.67. The topological polar surface area (TPSA) is 83.6 Å². The highest BCUT2D eigenvalue weighted by Gasteiger charge is 2.49. The van der Waals surface area contributed by atoms with Crippen LogP contribution in [-0.4, -0.2) is 40.1 Å². The molecular weight excluding hydrogens is 272 g/mol. The van der Waals surface area contributed by atoms with Crippen LogP contribution in [0.5, 0.6) is 0 Å². The van der Waals surface area contributed by atoms with Gasteiger partial charge in [0, 0.05) is 25.1 Å². The summed E-state index contributed by atoms with van der Waals surface area (Å²) in [4.78, 5) is 25.6. The Morgan fingerprint density at radius 1 is 1.48 bits per heavy atom. The average Bonchev–Trinajstić information content (AvgIpc) is 3.02. The maximum absolute atomic E-state index is 12.4. The smallest absolute Gasteiger partial charge is 0.311 e. The third-order valence-corrected chi connectivity index (χ3v) is 4.85. The maximum atomic E-state index is 12.4. The Labute approximate surface area is 123 Å². The Kier molecular flexibility index (Phi) is 3.26. The van der Waals surface area contributed by atoms with Gasteiger partial charge >= 0.3 is 5.97 Å². The van der Waals surface area contributed by atoms with Gasteiger partial charge in [-0.15, -0.1) is 0 Å². The molecule has 1 saturated heterocycles. The van der Waals surface area contributed by atoms with Gasteiger partial charge in [0.2, 0.25) is 5.76 Å². The summed E-state index contributed by atoms with van der Waals surface area (Å²) in [7, 11) is 0. The predicted molar refractivity (Wildman–Crippen MR) is 73.9 cm³/mol. The summed E-state index contributed by atoms with van der Waals surface area (Å²) in [5, 5.41) is 13.5. The molecule has 2 aliphatic rings. The molecule has 1 aliphatic carbocycles. The van der Waals surface area contributed by atoms with Gasteiger partial charge in [0.25, 0.3) is 5.91 Å². The highest BCUT2D eigenvalue weighted by atomic mass is 16.5. The Hall–Kier alpha value is -1.85. The first-order valence-electron chi connectivity index (χ1n) is 7.43. The zero-order chi connectivity index (χ0) is 15.2. The fourth-order valence-electron chi connectivity index (χ4n) is 3.02. The van der Waals surface area contributed by atoms with Gasteiger partial charge in [0.1, 0.15) is 0 Å². The van der Waals surface area contributed by atoms with E-state index in [9.17, 15) is 14.7 Å². The molecule has 6 nitrogen and oxygen atoms in total. The number of carboxylic acid groups (broad SMARTS) is 1. The Morgan fingerprint density at radius 3 is 2.71 bits per heavy atom. The summed E-state index contributed by atoms with van der Waals surface area (Å²) in [5.41, 5.74) is -0.0134. The van der Waals surface area contributed by atoms with E-state index >= 15 is 0 Å². The molecule has 1 aromatic heterocycles. The fraction of sp³-hybridized carbons (Fsp3) is 0.667. The van der Waals surface area contributed by atoms with E-state index in [4.69, 9.17) is 4.52 Å². The predicted octanol–water partition coefficient (Wildman–Crippen LogP) is 2.12. The summed E-state index contributed by atoms with van der Waals surface area (Å²) in [6, 6.07) is 1.70. The molecule has 1 unspecified atom stereocenters. The summed E-state index contributed by atoms with van der Waals surface area (Å²) in [6.45, 7) is 4.46. The SMILES string of the molecule is CC(C)C1(C(=O)O)CCN(C(=O)c2cc(C3CC3)no2)C1. The number of likely N-dealkylation sites (tertiary alicyclic amines) is 1. The molecule has 2 heterocycles. The van der Waals surface area contributed by atoms with E-state index in [2.05, 4.69) is 5.16 Å². The van der Waals surface area contributed by atoms with Crippen molar-refractivity contribution in [2.45, 2.75) is 39.0 Å². The van der Waals surface area contributed by atoms with Gasteiger partial charge < -0.3 is 14.5 Å². The molecule has 1 aliphatic heterocycles. The first-order valence-corrected chi connectivity index (χ1v) is 7.43. The quantitative estimate of drug-likeness (QED) is 0.919. The van der Waals surface area contributed by atoms with Gasteiger partial charge in [0.05, 0.1) is 11.1 Å². The molecule has 1 N–H and O–H groups in total. The van der Waals surface area contributed by atoms with Crippen LogP contribution < -0.4 is 0 Å². The van der Waals surface area contributed by atoms with Crippen molar-refractivity contribution >= 4 is 11.9 Å². The molecule has 1 aromatic rings. The zero-order valence-corrected chi connectivity index (χ0v) is 12.3. The van der Waals surface area contributed by atoms with Crippen LogP contribution in [-0.2, 0) is 4.79 Å². The van der Waals surface area contributed by atoms with Crippen LogP contribution in [0, 0.1) is 11.3 Å². The molecular formula is C15H20N2O4.